The topological polar surface area (TPSA) is 33.3 Å². The zero-order chi connectivity index (χ0) is 11.6. The van der Waals surface area contributed by atoms with E-state index in [1.54, 1.807) is 0 Å². The molecule has 0 amide bonds. The molecule has 1 aromatic rings. The summed E-state index contributed by atoms with van der Waals surface area (Å²) in [7, 11) is 0. The van der Waals surface area contributed by atoms with Gasteiger partial charge in [0.25, 0.3) is 0 Å². The molecule has 2 heterocycles. The molecular weight excluding hydrogens is 212 g/mol. The van der Waals surface area contributed by atoms with Gasteiger partial charge in [-0.25, -0.2) is 0 Å². The summed E-state index contributed by atoms with van der Waals surface area (Å²) in [6.07, 6.45) is 3.36. The van der Waals surface area contributed by atoms with Crippen molar-refractivity contribution in [3.63, 3.8) is 0 Å². The third-order valence-electron chi connectivity index (χ3n) is 3.77. The van der Waals surface area contributed by atoms with Crippen molar-refractivity contribution >= 4 is 0 Å². The number of hydrogen-bond acceptors (Lipinski definition) is 3. The maximum atomic E-state index is 5.98. The Hall–Kier alpha value is -0.900. The summed E-state index contributed by atoms with van der Waals surface area (Å²) in [5.74, 6) is 0. The molecule has 17 heavy (non-hydrogen) atoms. The Morgan fingerprint density at radius 3 is 2.88 bits per heavy atom. The van der Waals surface area contributed by atoms with Crippen molar-refractivity contribution in [2.75, 3.05) is 19.7 Å². The first-order valence-corrected chi connectivity index (χ1v) is 6.55. The molecule has 3 rings (SSSR count). The van der Waals surface area contributed by atoms with E-state index in [1.807, 2.05) is 0 Å². The number of piperidine rings is 1. The lowest BCUT2D eigenvalue weighted by atomic mass is 9.95. The van der Waals surface area contributed by atoms with Crippen LogP contribution in [0.25, 0.3) is 0 Å². The SMILES string of the molecule is c1ccc(C2CCOC3(CCCNC3)N2)cc1. The van der Waals surface area contributed by atoms with E-state index >= 15 is 0 Å². The lowest BCUT2D eigenvalue weighted by molar-refractivity contribution is -0.122. The molecule has 2 aliphatic heterocycles. The number of ether oxygens (including phenoxy) is 1. The van der Waals surface area contributed by atoms with Crippen LogP contribution < -0.4 is 10.6 Å². The standard InChI is InChI=1S/C14H20N2O/c1-2-5-12(6-3-1)13-7-10-17-14(16-13)8-4-9-15-11-14/h1-3,5-6,13,15-16H,4,7-11H2. The first kappa shape index (κ1) is 11.2. The summed E-state index contributed by atoms with van der Waals surface area (Å²) in [5, 5.41) is 7.13. The average Bonchev–Trinajstić information content (AvgIpc) is 2.41. The van der Waals surface area contributed by atoms with Crippen LogP contribution in [0.3, 0.4) is 0 Å². The van der Waals surface area contributed by atoms with Crippen LogP contribution in [0.5, 0.6) is 0 Å². The van der Waals surface area contributed by atoms with Gasteiger partial charge in [-0.1, -0.05) is 30.3 Å². The molecule has 3 heteroatoms. The molecular formula is C14H20N2O. The van der Waals surface area contributed by atoms with Crippen molar-refractivity contribution < 1.29 is 4.74 Å². The van der Waals surface area contributed by atoms with E-state index in [0.717, 1.165) is 32.5 Å². The van der Waals surface area contributed by atoms with Crippen molar-refractivity contribution in [2.24, 2.45) is 0 Å². The molecule has 0 radical (unpaired) electrons. The lowest BCUT2D eigenvalue weighted by Crippen LogP contribution is -2.60. The second kappa shape index (κ2) is 4.77. The predicted molar refractivity (Wildman–Crippen MR) is 67.7 cm³/mol. The Morgan fingerprint density at radius 1 is 1.24 bits per heavy atom. The summed E-state index contributed by atoms with van der Waals surface area (Å²) in [5.41, 5.74) is 1.25. The molecule has 3 nitrogen and oxygen atoms in total. The van der Waals surface area contributed by atoms with Crippen molar-refractivity contribution in [1.29, 1.82) is 0 Å². The van der Waals surface area contributed by atoms with Gasteiger partial charge in [-0.2, -0.15) is 0 Å². The van der Waals surface area contributed by atoms with Gasteiger partial charge in [-0.05, 0) is 31.4 Å². The Labute approximate surface area is 103 Å². The Balaban J connectivity index is 1.75. The second-order valence-corrected chi connectivity index (χ2v) is 5.02. The van der Waals surface area contributed by atoms with E-state index < -0.39 is 0 Å². The third-order valence-corrected chi connectivity index (χ3v) is 3.77. The molecule has 0 bridgehead atoms. The molecule has 2 fully saturated rings. The highest BCUT2D eigenvalue weighted by Gasteiger charge is 2.38. The lowest BCUT2D eigenvalue weighted by Gasteiger charge is -2.45. The van der Waals surface area contributed by atoms with E-state index in [2.05, 4.69) is 41.0 Å². The number of hydrogen-bond donors (Lipinski definition) is 2. The minimum absolute atomic E-state index is 0.128. The smallest absolute Gasteiger partial charge is 0.132 e. The summed E-state index contributed by atoms with van der Waals surface area (Å²) in [4.78, 5) is 0. The third kappa shape index (κ3) is 2.37. The van der Waals surface area contributed by atoms with Gasteiger partial charge in [0.15, 0.2) is 0 Å². The molecule has 0 aromatic heterocycles. The number of nitrogens with one attached hydrogen (secondary N) is 2. The fraction of sp³-hybridized carbons (Fsp3) is 0.571. The summed E-state index contributed by atoms with van der Waals surface area (Å²) >= 11 is 0. The number of rotatable bonds is 1. The van der Waals surface area contributed by atoms with E-state index in [9.17, 15) is 0 Å². The highest BCUT2D eigenvalue weighted by atomic mass is 16.5. The van der Waals surface area contributed by atoms with Gasteiger partial charge in [0.2, 0.25) is 0 Å². The van der Waals surface area contributed by atoms with E-state index in [-0.39, 0.29) is 5.72 Å². The van der Waals surface area contributed by atoms with Crippen LogP contribution in [0.1, 0.15) is 30.9 Å². The van der Waals surface area contributed by atoms with Crippen LogP contribution in [-0.4, -0.2) is 25.4 Å². The minimum atomic E-state index is -0.128. The van der Waals surface area contributed by atoms with Crippen LogP contribution in [0.4, 0.5) is 0 Å². The highest BCUT2D eigenvalue weighted by Crippen LogP contribution is 2.29. The van der Waals surface area contributed by atoms with Gasteiger partial charge in [-0.3, -0.25) is 5.32 Å². The van der Waals surface area contributed by atoms with Gasteiger partial charge in [0, 0.05) is 12.6 Å². The summed E-state index contributed by atoms with van der Waals surface area (Å²) in [6, 6.07) is 11.1. The fourth-order valence-corrected chi connectivity index (χ4v) is 2.86. The Bertz CT molecular complexity index is 354. The van der Waals surface area contributed by atoms with Gasteiger partial charge in [0.1, 0.15) is 5.72 Å². The number of benzene rings is 1. The Morgan fingerprint density at radius 2 is 2.12 bits per heavy atom. The first-order valence-electron chi connectivity index (χ1n) is 6.55. The molecule has 2 atom stereocenters. The van der Waals surface area contributed by atoms with E-state index in [0.29, 0.717) is 6.04 Å². The maximum Gasteiger partial charge on any atom is 0.132 e. The Kier molecular flexibility index (Phi) is 3.14. The van der Waals surface area contributed by atoms with Gasteiger partial charge in [-0.15, -0.1) is 0 Å². The van der Waals surface area contributed by atoms with Crippen LogP contribution in [0, 0.1) is 0 Å². The zero-order valence-corrected chi connectivity index (χ0v) is 10.1. The van der Waals surface area contributed by atoms with Crippen LogP contribution in [0.2, 0.25) is 0 Å². The van der Waals surface area contributed by atoms with E-state index in [4.69, 9.17) is 4.74 Å². The highest BCUT2D eigenvalue weighted by molar-refractivity contribution is 5.20. The molecule has 0 saturated carbocycles. The van der Waals surface area contributed by atoms with Crippen molar-refractivity contribution in [2.45, 2.75) is 31.0 Å². The average molecular weight is 232 g/mol. The summed E-state index contributed by atoms with van der Waals surface area (Å²) in [6.45, 7) is 2.90. The summed E-state index contributed by atoms with van der Waals surface area (Å²) < 4.78 is 5.98. The van der Waals surface area contributed by atoms with Crippen LogP contribution in [0.15, 0.2) is 30.3 Å². The largest absolute Gasteiger partial charge is 0.359 e. The minimum Gasteiger partial charge on any atom is -0.359 e. The molecule has 1 spiro atoms. The van der Waals surface area contributed by atoms with Gasteiger partial charge < -0.3 is 10.1 Å². The first-order chi connectivity index (χ1) is 8.38. The molecule has 1 aromatic carbocycles. The van der Waals surface area contributed by atoms with Crippen molar-refractivity contribution in [3.8, 4) is 0 Å². The quantitative estimate of drug-likeness (QED) is 0.775. The van der Waals surface area contributed by atoms with Crippen LogP contribution in [-0.2, 0) is 4.74 Å². The van der Waals surface area contributed by atoms with E-state index in [1.165, 1.54) is 12.0 Å². The molecule has 2 N–H and O–H groups in total. The monoisotopic (exact) mass is 232 g/mol. The van der Waals surface area contributed by atoms with Crippen molar-refractivity contribution in [3.05, 3.63) is 35.9 Å². The van der Waals surface area contributed by atoms with Crippen molar-refractivity contribution in [1.82, 2.24) is 10.6 Å². The molecule has 92 valence electrons. The maximum absolute atomic E-state index is 5.98. The zero-order valence-electron chi connectivity index (χ0n) is 10.1. The molecule has 2 unspecified atom stereocenters. The predicted octanol–water partition coefficient (Wildman–Crippen LogP) is 1.82. The fourth-order valence-electron chi connectivity index (χ4n) is 2.86. The normalized spacial score (nSPS) is 33.8. The van der Waals surface area contributed by atoms with Gasteiger partial charge in [0.05, 0.1) is 6.61 Å². The van der Waals surface area contributed by atoms with Gasteiger partial charge >= 0.3 is 0 Å². The molecule has 2 saturated heterocycles. The second-order valence-electron chi connectivity index (χ2n) is 5.02. The van der Waals surface area contributed by atoms with Crippen LogP contribution >= 0.6 is 0 Å². The molecule has 0 aliphatic carbocycles. The molecule has 2 aliphatic rings.